The third kappa shape index (κ3) is 1.78. The Morgan fingerprint density at radius 2 is 2.33 bits per heavy atom. The molecule has 0 saturated carbocycles. The van der Waals surface area contributed by atoms with Crippen LogP contribution in [0.25, 0.3) is 10.9 Å². The SMILES string of the molecule is COC1CCN(C(=O)c2cccc3cc[nH]c23)C1. The molecular weight excluding hydrogens is 228 g/mol. The topological polar surface area (TPSA) is 45.3 Å². The summed E-state index contributed by atoms with van der Waals surface area (Å²) in [5.41, 5.74) is 1.66. The van der Waals surface area contributed by atoms with Crippen molar-refractivity contribution in [2.75, 3.05) is 20.2 Å². The molecule has 0 spiro atoms. The summed E-state index contributed by atoms with van der Waals surface area (Å²) in [7, 11) is 1.70. The second-order valence-corrected chi connectivity index (χ2v) is 4.65. The van der Waals surface area contributed by atoms with E-state index in [1.54, 1.807) is 7.11 Å². The van der Waals surface area contributed by atoms with Crippen LogP contribution in [0.3, 0.4) is 0 Å². The highest BCUT2D eigenvalue weighted by atomic mass is 16.5. The van der Waals surface area contributed by atoms with E-state index in [2.05, 4.69) is 4.98 Å². The Kier molecular flexibility index (Phi) is 2.80. The lowest BCUT2D eigenvalue weighted by molar-refractivity contribution is 0.0726. The number of nitrogens with zero attached hydrogens (tertiary/aromatic N) is 1. The highest BCUT2D eigenvalue weighted by Gasteiger charge is 2.27. The number of hydrogen-bond donors (Lipinski definition) is 1. The van der Waals surface area contributed by atoms with Gasteiger partial charge in [0, 0.05) is 31.8 Å². The Morgan fingerprint density at radius 3 is 3.11 bits per heavy atom. The zero-order valence-corrected chi connectivity index (χ0v) is 10.3. The first-order valence-corrected chi connectivity index (χ1v) is 6.18. The Bertz CT molecular complexity index is 576. The Morgan fingerprint density at radius 1 is 1.44 bits per heavy atom. The summed E-state index contributed by atoms with van der Waals surface area (Å²) < 4.78 is 5.30. The van der Waals surface area contributed by atoms with Crippen molar-refractivity contribution in [3.63, 3.8) is 0 Å². The van der Waals surface area contributed by atoms with E-state index in [9.17, 15) is 4.79 Å². The number of para-hydroxylation sites is 1. The highest BCUT2D eigenvalue weighted by Crippen LogP contribution is 2.21. The molecule has 1 fully saturated rings. The third-order valence-corrected chi connectivity index (χ3v) is 3.58. The normalized spacial score (nSPS) is 19.6. The maximum atomic E-state index is 12.5. The fourth-order valence-electron chi connectivity index (χ4n) is 2.54. The number of benzene rings is 1. The van der Waals surface area contributed by atoms with Crippen LogP contribution < -0.4 is 0 Å². The quantitative estimate of drug-likeness (QED) is 0.878. The van der Waals surface area contributed by atoms with Gasteiger partial charge >= 0.3 is 0 Å². The van der Waals surface area contributed by atoms with Gasteiger partial charge in [0.1, 0.15) is 0 Å². The van der Waals surface area contributed by atoms with E-state index < -0.39 is 0 Å². The number of ether oxygens (including phenoxy) is 1. The molecule has 18 heavy (non-hydrogen) atoms. The molecule has 0 radical (unpaired) electrons. The zero-order valence-electron chi connectivity index (χ0n) is 10.3. The molecule has 4 heteroatoms. The number of rotatable bonds is 2. The van der Waals surface area contributed by atoms with E-state index in [1.165, 1.54) is 0 Å². The molecule has 1 aliphatic heterocycles. The number of carbonyl (C=O) groups excluding carboxylic acids is 1. The Hall–Kier alpha value is -1.81. The van der Waals surface area contributed by atoms with Gasteiger partial charge in [0.15, 0.2) is 0 Å². The van der Waals surface area contributed by atoms with Gasteiger partial charge in [0.2, 0.25) is 0 Å². The summed E-state index contributed by atoms with van der Waals surface area (Å²) in [6.45, 7) is 1.46. The minimum Gasteiger partial charge on any atom is -0.380 e. The van der Waals surface area contributed by atoms with Crippen LogP contribution in [0.4, 0.5) is 0 Å². The molecule has 1 aromatic carbocycles. The van der Waals surface area contributed by atoms with Gasteiger partial charge in [-0.3, -0.25) is 4.79 Å². The number of carbonyl (C=O) groups is 1. The van der Waals surface area contributed by atoms with Crippen LogP contribution in [-0.2, 0) is 4.74 Å². The van der Waals surface area contributed by atoms with Gasteiger partial charge in [-0.25, -0.2) is 0 Å². The van der Waals surface area contributed by atoms with E-state index in [-0.39, 0.29) is 12.0 Å². The largest absolute Gasteiger partial charge is 0.380 e. The first-order chi connectivity index (χ1) is 8.79. The van der Waals surface area contributed by atoms with Crippen LogP contribution in [0, 0.1) is 0 Å². The summed E-state index contributed by atoms with van der Waals surface area (Å²) in [6.07, 6.45) is 2.96. The minimum absolute atomic E-state index is 0.0857. The highest BCUT2D eigenvalue weighted by molar-refractivity contribution is 6.05. The number of nitrogens with one attached hydrogen (secondary N) is 1. The van der Waals surface area contributed by atoms with Gasteiger partial charge < -0.3 is 14.6 Å². The number of aromatic nitrogens is 1. The van der Waals surface area contributed by atoms with Gasteiger partial charge in [0.25, 0.3) is 5.91 Å². The van der Waals surface area contributed by atoms with Crippen LogP contribution in [0.1, 0.15) is 16.8 Å². The molecule has 1 aliphatic rings. The van der Waals surface area contributed by atoms with Gasteiger partial charge in [-0.15, -0.1) is 0 Å². The molecule has 1 aromatic heterocycles. The molecule has 1 unspecified atom stereocenters. The van der Waals surface area contributed by atoms with Gasteiger partial charge in [0.05, 0.1) is 17.2 Å². The van der Waals surface area contributed by atoms with Crippen molar-refractivity contribution in [3.8, 4) is 0 Å². The molecule has 2 aromatic rings. The lowest BCUT2D eigenvalue weighted by atomic mass is 10.1. The van der Waals surface area contributed by atoms with Crippen LogP contribution in [0.2, 0.25) is 0 Å². The summed E-state index contributed by atoms with van der Waals surface area (Å²) in [6, 6.07) is 7.78. The lowest BCUT2D eigenvalue weighted by Gasteiger charge is -2.16. The number of fused-ring (bicyclic) bond motifs is 1. The molecule has 1 atom stereocenters. The smallest absolute Gasteiger partial charge is 0.256 e. The molecule has 2 heterocycles. The number of hydrogen-bond acceptors (Lipinski definition) is 2. The predicted octanol–water partition coefficient (Wildman–Crippen LogP) is 2.03. The summed E-state index contributed by atoms with van der Waals surface area (Å²) in [5, 5.41) is 1.07. The second-order valence-electron chi connectivity index (χ2n) is 4.65. The molecule has 0 bridgehead atoms. The summed E-state index contributed by atoms with van der Waals surface area (Å²) >= 11 is 0. The number of likely N-dealkylation sites (tertiary alicyclic amines) is 1. The number of amides is 1. The average Bonchev–Trinajstić information content (AvgIpc) is 3.05. The van der Waals surface area contributed by atoms with Crippen molar-refractivity contribution in [1.82, 2.24) is 9.88 Å². The number of H-pyrrole nitrogens is 1. The van der Waals surface area contributed by atoms with Crippen molar-refractivity contribution in [3.05, 3.63) is 36.0 Å². The molecule has 4 nitrogen and oxygen atoms in total. The van der Waals surface area contributed by atoms with Crippen molar-refractivity contribution >= 4 is 16.8 Å². The summed E-state index contributed by atoms with van der Waals surface area (Å²) in [4.78, 5) is 17.5. The van der Waals surface area contributed by atoms with Crippen LogP contribution in [0.5, 0.6) is 0 Å². The first-order valence-electron chi connectivity index (χ1n) is 6.18. The second kappa shape index (κ2) is 4.46. The summed E-state index contributed by atoms with van der Waals surface area (Å²) in [5.74, 6) is 0.0857. The Balaban J connectivity index is 1.90. The third-order valence-electron chi connectivity index (χ3n) is 3.58. The lowest BCUT2D eigenvalue weighted by Crippen LogP contribution is -2.30. The van der Waals surface area contributed by atoms with E-state index >= 15 is 0 Å². The maximum absolute atomic E-state index is 12.5. The maximum Gasteiger partial charge on any atom is 0.256 e. The van der Waals surface area contributed by atoms with Crippen LogP contribution in [0.15, 0.2) is 30.5 Å². The monoisotopic (exact) mass is 244 g/mol. The number of methoxy groups -OCH3 is 1. The van der Waals surface area contributed by atoms with Crippen molar-refractivity contribution < 1.29 is 9.53 Å². The van der Waals surface area contributed by atoms with Crippen LogP contribution >= 0.6 is 0 Å². The molecule has 1 amide bonds. The molecule has 1 saturated heterocycles. The molecular formula is C14H16N2O2. The molecule has 94 valence electrons. The molecule has 3 rings (SSSR count). The zero-order chi connectivity index (χ0) is 12.5. The van der Waals surface area contributed by atoms with Crippen LogP contribution in [-0.4, -0.2) is 42.1 Å². The Labute approximate surface area is 106 Å². The molecule has 1 N–H and O–H groups in total. The van der Waals surface area contributed by atoms with Gasteiger partial charge in [-0.1, -0.05) is 12.1 Å². The van der Waals surface area contributed by atoms with E-state index in [4.69, 9.17) is 4.74 Å². The minimum atomic E-state index is 0.0857. The molecule has 0 aliphatic carbocycles. The standard InChI is InChI=1S/C14H16N2O2/c1-18-11-6-8-16(9-11)14(17)12-4-2-3-10-5-7-15-13(10)12/h2-5,7,11,15H,6,8-9H2,1H3. The van der Waals surface area contributed by atoms with Crippen molar-refractivity contribution in [2.24, 2.45) is 0 Å². The van der Waals surface area contributed by atoms with Gasteiger partial charge in [-0.05, 0) is 18.6 Å². The van der Waals surface area contributed by atoms with E-state index in [1.807, 2.05) is 35.4 Å². The average molecular weight is 244 g/mol. The van der Waals surface area contributed by atoms with E-state index in [0.717, 1.165) is 29.4 Å². The fraction of sp³-hybridized carbons (Fsp3) is 0.357. The van der Waals surface area contributed by atoms with Gasteiger partial charge in [-0.2, -0.15) is 0 Å². The van der Waals surface area contributed by atoms with Crippen molar-refractivity contribution in [1.29, 1.82) is 0 Å². The first kappa shape index (κ1) is 11.3. The number of aromatic amines is 1. The van der Waals surface area contributed by atoms with Crippen molar-refractivity contribution in [2.45, 2.75) is 12.5 Å². The fourth-order valence-corrected chi connectivity index (χ4v) is 2.54. The van der Waals surface area contributed by atoms with E-state index in [0.29, 0.717) is 6.54 Å². The predicted molar refractivity (Wildman–Crippen MR) is 69.6 cm³/mol.